The molecule has 0 rings (SSSR count). The summed E-state index contributed by atoms with van der Waals surface area (Å²) in [5.74, 6) is -1.47. The summed E-state index contributed by atoms with van der Waals surface area (Å²) in [4.78, 5) is 21.6. The van der Waals surface area contributed by atoms with Gasteiger partial charge in [0.15, 0.2) is 0 Å². The van der Waals surface area contributed by atoms with E-state index in [-0.39, 0.29) is 12.2 Å². The van der Waals surface area contributed by atoms with Crippen molar-refractivity contribution in [2.75, 3.05) is 13.7 Å². The molecule has 0 aliphatic heterocycles. The Balaban J connectivity index is 3.93. The molecule has 0 amide bonds. The Morgan fingerprint density at radius 3 is 2.33 bits per heavy atom. The number of carbonyl (C=O) groups is 2. The van der Waals surface area contributed by atoms with Crippen molar-refractivity contribution < 1.29 is 19.1 Å². The van der Waals surface area contributed by atoms with Crippen molar-refractivity contribution in [2.24, 2.45) is 0 Å². The second kappa shape index (κ2) is 5.35. The van der Waals surface area contributed by atoms with Crippen LogP contribution in [0.15, 0.2) is 12.2 Å². The third-order valence-corrected chi connectivity index (χ3v) is 1.12. The highest BCUT2D eigenvalue weighted by atomic mass is 16.5. The summed E-state index contributed by atoms with van der Waals surface area (Å²) in [7, 11) is 1.18. The molecule has 0 fully saturated rings. The molecule has 0 unspecified atom stereocenters. The molecule has 4 heteroatoms. The number of esters is 2. The number of rotatable bonds is 4. The zero-order valence-corrected chi connectivity index (χ0v) is 7.25. The van der Waals surface area contributed by atoms with E-state index in [0.29, 0.717) is 6.42 Å². The maximum absolute atomic E-state index is 10.9. The Bertz CT molecular complexity index is 195. The molecule has 0 aliphatic rings. The summed E-state index contributed by atoms with van der Waals surface area (Å²) in [6.07, 6.45) is 0.709. The van der Waals surface area contributed by atoms with Crippen LogP contribution in [0.3, 0.4) is 0 Å². The molecular formula is C8H12O4. The normalized spacial score (nSPS) is 8.83. The van der Waals surface area contributed by atoms with Crippen molar-refractivity contribution in [1.82, 2.24) is 0 Å². The summed E-state index contributed by atoms with van der Waals surface area (Å²) < 4.78 is 8.91. The summed E-state index contributed by atoms with van der Waals surface area (Å²) in [6.45, 7) is 5.37. The zero-order valence-electron chi connectivity index (χ0n) is 7.25. The third-order valence-electron chi connectivity index (χ3n) is 1.12. The van der Waals surface area contributed by atoms with Crippen molar-refractivity contribution in [1.29, 1.82) is 0 Å². The number of hydrogen-bond acceptors (Lipinski definition) is 4. The van der Waals surface area contributed by atoms with E-state index in [1.165, 1.54) is 7.11 Å². The van der Waals surface area contributed by atoms with Crippen molar-refractivity contribution >= 4 is 11.9 Å². The maximum atomic E-state index is 10.9. The first-order valence-corrected chi connectivity index (χ1v) is 3.57. The smallest absolute Gasteiger partial charge is 0.344 e. The van der Waals surface area contributed by atoms with Crippen LogP contribution in [0.5, 0.6) is 0 Å². The topological polar surface area (TPSA) is 52.6 Å². The standard InChI is InChI=1S/C8H12O4/c1-4-5-12-8(10)6(2)7(9)11-3/h2,4-5H2,1,3H3. The summed E-state index contributed by atoms with van der Waals surface area (Å²) >= 11 is 0. The van der Waals surface area contributed by atoms with Crippen molar-refractivity contribution in [2.45, 2.75) is 13.3 Å². The second-order valence-electron chi connectivity index (χ2n) is 2.11. The fraction of sp³-hybridized carbons (Fsp3) is 0.500. The summed E-state index contributed by atoms with van der Waals surface area (Å²) in [5.41, 5.74) is -0.272. The Labute approximate surface area is 71.2 Å². The van der Waals surface area contributed by atoms with Gasteiger partial charge in [0, 0.05) is 0 Å². The number of ether oxygens (including phenoxy) is 2. The van der Waals surface area contributed by atoms with Crippen molar-refractivity contribution in [3.05, 3.63) is 12.2 Å². The fourth-order valence-corrected chi connectivity index (χ4v) is 0.488. The van der Waals surface area contributed by atoms with Crippen LogP contribution in [0.25, 0.3) is 0 Å². The molecule has 0 spiro atoms. The van der Waals surface area contributed by atoms with Gasteiger partial charge < -0.3 is 9.47 Å². The van der Waals surface area contributed by atoms with Gasteiger partial charge in [0.2, 0.25) is 0 Å². The quantitative estimate of drug-likeness (QED) is 0.270. The highest BCUT2D eigenvalue weighted by molar-refractivity contribution is 6.13. The zero-order chi connectivity index (χ0) is 9.56. The Hall–Kier alpha value is -1.32. The summed E-state index contributed by atoms with van der Waals surface area (Å²) in [5, 5.41) is 0. The lowest BCUT2D eigenvalue weighted by Crippen LogP contribution is -2.16. The minimum atomic E-state index is -0.754. The lowest BCUT2D eigenvalue weighted by molar-refractivity contribution is -0.145. The molecule has 68 valence electrons. The van der Waals surface area contributed by atoms with Crippen LogP contribution in [-0.2, 0) is 19.1 Å². The average molecular weight is 172 g/mol. The van der Waals surface area contributed by atoms with Crippen molar-refractivity contribution in [3.63, 3.8) is 0 Å². The SMILES string of the molecule is C=C(C(=O)OC)C(=O)OCCC. The third kappa shape index (κ3) is 3.18. The highest BCUT2D eigenvalue weighted by Gasteiger charge is 2.16. The first-order valence-electron chi connectivity index (χ1n) is 3.57. The van der Waals surface area contributed by atoms with Crippen LogP contribution in [-0.4, -0.2) is 25.7 Å². The molecule has 0 atom stereocenters. The predicted molar refractivity (Wildman–Crippen MR) is 42.4 cm³/mol. The molecule has 0 radical (unpaired) electrons. The molecule has 0 aromatic heterocycles. The molecule has 0 aliphatic carbocycles. The van der Waals surface area contributed by atoms with E-state index >= 15 is 0 Å². The van der Waals surface area contributed by atoms with Crippen LogP contribution in [0.2, 0.25) is 0 Å². The Morgan fingerprint density at radius 1 is 1.33 bits per heavy atom. The number of hydrogen-bond donors (Lipinski definition) is 0. The molecule has 4 nitrogen and oxygen atoms in total. The van der Waals surface area contributed by atoms with Crippen molar-refractivity contribution in [3.8, 4) is 0 Å². The predicted octanol–water partition coefficient (Wildman–Crippen LogP) is 0.669. The molecule has 0 heterocycles. The largest absolute Gasteiger partial charge is 0.465 e. The minimum absolute atomic E-state index is 0.272. The van der Waals surface area contributed by atoms with Gasteiger partial charge in [0.05, 0.1) is 13.7 Å². The maximum Gasteiger partial charge on any atom is 0.344 e. The fourth-order valence-electron chi connectivity index (χ4n) is 0.488. The van der Waals surface area contributed by atoms with E-state index in [2.05, 4.69) is 16.1 Å². The van der Waals surface area contributed by atoms with E-state index in [0.717, 1.165) is 0 Å². The Morgan fingerprint density at radius 2 is 1.92 bits per heavy atom. The van der Waals surface area contributed by atoms with E-state index < -0.39 is 11.9 Å². The highest BCUT2D eigenvalue weighted by Crippen LogP contribution is 1.97. The monoisotopic (exact) mass is 172 g/mol. The van der Waals surface area contributed by atoms with E-state index in [1.54, 1.807) is 0 Å². The van der Waals surface area contributed by atoms with Gasteiger partial charge in [-0.15, -0.1) is 0 Å². The van der Waals surface area contributed by atoms with E-state index in [9.17, 15) is 9.59 Å². The molecule has 0 bridgehead atoms. The van der Waals surface area contributed by atoms with Gasteiger partial charge in [-0.3, -0.25) is 0 Å². The first kappa shape index (κ1) is 10.7. The molecule has 0 saturated carbocycles. The second-order valence-corrected chi connectivity index (χ2v) is 2.11. The number of carbonyl (C=O) groups excluding carboxylic acids is 2. The van der Waals surface area contributed by atoms with Gasteiger partial charge in [-0.25, -0.2) is 9.59 Å². The lowest BCUT2D eigenvalue weighted by atomic mass is 10.3. The molecule has 0 saturated heterocycles. The lowest BCUT2D eigenvalue weighted by Gasteiger charge is -2.03. The molecular weight excluding hydrogens is 160 g/mol. The van der Waals surface area contributed by atoms with Gasteiger partial charge in [-0.05, 0) is 6.42 Å². The average Bonchev–Trinajstić information content (AvgIpc) is 2.11. The molecule has 0 aromatic rings. The van der Waals surface area contributed by atoms with E-state index in [1.807, 2.05) is 6.92 Å². The van der Waals surface area contributed by atoms with Crippen LogP contribution in [0, 0.1) is 0 Å². The minimum Gasteiger partial charge on any atom is -0.465 e. The molecule has 0 N–H and O–H groups in total. The van der Waals surface area contributed by atoms with E-state index in [4.69, 9.17) is 0 Å². The van der Waals surface area contributed by atoms with Crippen LogP contribution >= 0.6 is 0 Å². The molecule has 0 aromatic carbocycles. The summed E-state index contributed by atoms with van der Waals surface area (Å²) in [6, 6.07) is 0. The van der Waals surface area contributed by atoms with Crippen LogP contribution in [0.4, 0.5) is 0 Å². The van der Waals surface area contributed by atoms with Crippen LogP contribution in [0.1, 0.15) is 13.3 Å². The first-order chi connectivity index (χ1) is 5.63. The Kier molecular flexibility index (Phi) is 4.76. The van der Waals surface area contributed by atoms with Gasteiger partial charge >= 0.3 is 11.9 Å². The van der Waals surface area contributed by atoms with Gasteiger partial charge in [0.1, 0.15) is 5.57 Å². The van der Waals surface area contributed by atoms with Gasteiger partial charge in [-0.1, -0.05) is 13.5 Å². The van der Waals surface area contributed by atoms with Gasteiger partial charge in [-0.2, -0.15) is 0 Å². The number of methoxy groups -OCH3 is 1. The molecule has 12 heavy (non-hydrogen) atoms. The van der Waals surface area contributed by atoms with Crippen LogP contribution < -0.4 is 0 Å². The van der Waals surface area contributed by atoms with Gasteiger partial charge in [0.25, 0.3) is 0 Å².